The first kappa shape index (κ1) is 11.5. The highest BCUT2D eigenvalue weighted by Crippen LogP contribution is 2.18. The lowest BCUT2D eigenvalue weighted by Gasteiger charge is -2.33. The number of methoxy groups -OCH3 is 1. The molecule has 2 unspecified atom stereocenters. The molecule has 1 saturated heterocycles. The Hall–Kier alpha value is -0.610. The molecule has 4 heteroatoms. The molecule has 0 spiro atoms. The van der Waals surface area contributed by atoms with Crippen LogP contribution in [0.5, 0.6) is 0 Å². The van der Waals surface area contributed by atoms with Crippen LogP contribution >= 0.6 is 0 Å². The Balaban J connectivity index is 2.38. The summed E-state index contributed by atoms with van der Waals surface area (Å²) < 4.78 is 4.61. The average molecular weight is 200 g/mol. The lowest BCUT2D eigenvalue weighted by molar-refractivity contribution is -0.142. The molecule has 0 bridgehead atoms. The van der Waals surface area contributed by atoms with Gasteiger partial charge >= 0.3 is 5.97 Å². The molecule has 0 aromatic carbocycles. The summed E-state index contributed by atoms with van der Waals surface area (Å²) in [6, 6.07) is -0.0246. The van der Waals surface area contributed by atoms with E-state index in [1.54, 1.807) is 0 Å². The summed E-state index contributed by atoms with van der Waals surface area (Å²) in [5.74, 6) is -0.302. The number of ether oxygens (including phenoxy) is 1. The van der Waals surface area contributed by atoms with E-state index in [4.69, 9.17) is 5.73 Å². The molecule has 0 aromatic heterocycles. The van der Waals surface area contributed by atoms with E-state index in [1.165, 1.54) is 20.0 Å². The molecule has 0 amide bonds. The molecule has 2 atom stereocenters. The van der Waals surface area contributed by atoms with Gasteiger partial charge in [-0.05, 0) is 32.9 Å². The highest BCUT2D eigenvalue weighted by Gasteiger charge is 2.24. The minimum Gasteiger partial charge on any atom is -0.468 e. The molecule has 1 aliphatic heterocycles. The first-order valence-corrected chi connectivity index (χ1v) is 5.18. The number of carbonyl (C=O) groups is 1. The molecular weight excluding hydrogens is 180 g/mol. The zero-order valence-corrected chi connectivity index (χ0v) is 9.03. The van der Waals surface area contributed by atoms with Gasteiger partial charge in [0.25, 0.3) is 0 Å². The van der Waals surface area contributed by atoms with Crippen molar-refractivity contribution in [3.8, 4) is 0 Å². The van der Waals surface area contributed by atoms with Crippen LogP contribution in [0.2, 0.25) is 0 Å². The fourth-order valence-corrected chi connectivity index (χ4v) is 1.98. The van der Waals surface area contributed by atoms with Crippen LogP contribution in [0.1, 0.15) is 25.7 Å². The number of hydrogen-bond acceptors (Lipinski definition) is 4. The van der Waals surface area contributed by atoms with Crippen LogP contribution in [-0.2, 0) is 9.53 Å². The Morgan fingerprint density at radius 3 is 2.93 bits per heavy atom. The number of esters is 1. The number of nitrogens with zero attached hydrogens (tertiary/aromatic N) is 1. The SMILES string of the molecule is COC(=O)C(N)CC1CCCCN1C. The normalized spacial score (nSPS) is 25.8. The first-order chi connectivity index (χ1) is 6.65. The molecule has 2 N–H and O–H groups in total. The first-order valence-electron chi connectivity index (χ1n) is 5.18. The largest absolute Gasteiger partial charge is 0.468 e. The summed E-state index contributed by atoms with van der Waals surface area (Å²) >= 11 is 0. The predicted molar refractivity (Wildman–Crippen MR) is 54.9 cm³/mol. The lowest BCUT2D eigenvalue weighted by Crippen LogP contribution is -2.43. The van der Waals surface area contributed by atoms with Crippen molar-refractivity contribution in [1.82, 2.24) is 4.90 Å². The minimum atomic E-state index is -0.467. The second kappa shape index (κ2) is 5.32. The second-order valence-corrected chi connectivity index (χ2v) is 4.00. The number of nitrogens with two attached hydrogens (primary N) is 1. The monoisotopic (exact) mass is 200 g/mol. The highest BCUT2D eigenvalue weighted by molar-refractivity contribution is 5.75. The Morgan fingerprint density at radius 1 is 1.64 bits per heavy atom. The molecule has 0 aromatic rings. The van der Waals surface area contributed by atoms with Crippen LogP contribution in [0.4, 0.5) is 0 Å². The summed E-state index contributed by atoms with van der Waals surface area (Å²) in [5.41, 5.74) is 5.72. The molecule has 1 heterocycles. The van der Waals surface area contributed by atoms with Gasteiger partial charge in [-0.3, -0.25) is 4.79 Å². The summed E-state index contributed by atoms with van der Waals surface area (Å²) in [6.45, 7) is 1.11. The van der Waals surface area contributed by atoms with Crippen LogP contribution < -0.4 is 5.73 Å². The van der Waals surface area contributed by atoms with Crippen molar-refractivity contribution < 1.29 is 9.53 Å². The van der Waals surface area contributed by atoms with Crippen molar-refractivity contribution in [2.24, 2.45) is 5.73 Å². The Bertz CT molecular complexity index is 197. The van der Waals surface area contributed by atoms with E-state index in [2.05, 4.69) is 16.7 Å². The van der Waals surface area contributed by atoms with Crippen LogP contribution in [0.15, 0.2) is 0 Å². The molecule has 82 valence electrons. The van der Waals surface area contributed by atoms with Crippen molar-refractivity contribution in [3.63, 3.8) is 0 Å². The van der Waals surface area contributed by atoms with E-state index in [-0.39, 0.29) is 5.97 Å². The molecule has 1 aliphatic rings. The molecule has 0 aliphatic carbocycles. The quantitative estimate of drug-likeness (QED) is 0.668. The third-order valence-electron chi connectivity index (χ3n) is 2.95. The van der Waals surface area contributed by atoms with Gasteiger partial charge in [0.2, 0.25) is 0 Å². The topological polar surface area (TPSA) is 55.6 Å². The van der Waals surface area contributed by atoms with Crippen molar-refractivity contribution >= 4 is 5.97 Å². The third-order valence-corrected chi connectivity index (χ3v) is 2.95. The third kappa shape index (κ3) is 2.96. The maximum absolute atomic E-state index is 11.1. The Labute approximate surface area is 85.4 Å². The standard InChI is InChI=1S/C10H20N2O2/c1-12-6-4-3-5-8(12)7-9(11)10(13)14-2/h8-9H,3-7,11H2,1-2H3. The molecule has 0 radical (unpaired) electrons. The molecule has 14 heavy (non-hydrogen) atoms. The molecule has 1 fully saturated rings. The van der Waals surface area contributed by atoms with Gasteiger partial charge in [-0.1, -0.05) is 6.42 Å². The fourth-order valence-electron chi connectivity index (χ4n) is 1.98. The molecule has 0 saturated carbocycles. The summed E-state index contributed by atoms with van der Waals surface area (Å²) in [4.78, 5) is 13.4. The second-order valence-electron chi connectivity index (χ2n) is 4.00. The lowest BCUT2D eigenvalue weighted by atomic mass is 9.97. The van der Waals surface area contributed by atoms with Crippen molar-refractivity contribution in [1.29, 1.82) is 0 Å². The smallest absolute Gasteiger partial charge is 0.322 e. The van der Waals surface area contributed by atoms with Gasteiger partial charge in [0.15, 0.2) is 0 Å². The van der Waals surface area contributed by atoms with Crippen LogP contribution in [0.3, 0.4) is 0 Å². The summed E-state index contributed by atoms with van der Waals surface area (Å²) in [6.07, 6.45) is 4.34. The fraction of sp³-hybridized carbons (Fsp3) is 0.900. The van der Waals surface area contributed by atoms with Gasteiger partial charge in [-0.25, -0.2) is 0 Å². The molecular formula is C10H20N2O2. The van der Waals surface area contributed by atoms with Crippen LogP contribution in [0.25, 0.3) is 0 Å². The maximum atomic E-state index is 11.1. The van der Waals surface area contributed by atoms with E-state index in [1.807, 2.05) is 0 Å². The van der Waals surface area contributed by atoms with Gasteiger partial charge in [0.1, 0.15) is 6.04 Å². The van der Waals surface area contributed by atoms with Gasteiger partial charge in [0.05, 0.1) is 7.11 Å². The van der Waals surface area contributed by atoms with Crippen LogP contribution in [0, 0.1) is 0 Å². The van der Waals surface area contributed by atoms with Gasteiger partial charge in [0, 0.05) is 6.04 Å². The van der Waals surface area contributed by atoms with Crippen LogP contribution in [-0.4, -0.2) is 43.7 Å². The van der Waals surface area contributed by atoms with Crippen molar-refractivity contribution in [2.75, 3.05) is 20.7 Å². The number of rotatable bonds is 3. The van der Waals surface area contributed by atoms with E-state index < -0.39 is 6.04 Å². The van der Waals surface area contributed by atoms with Gasteiger partial charge < -0.3 is 15.4 Å². The van der Waals surface area contributed by atoms with E-state index in [0.717, 1.165) is 13.0 Å². The zero-order chi connectivity index (χ0) is 10.6. The van der Waals surface area contributed by atoms with E-state index in [0.29, 0.717) is 12.5 Å². The van der Waals surface area contributed by atoms with E-state index >= 15 is 0 Å². The highest BCUT2D eigenvalue weighted by atomic mass is 16.5. The zero-order valence-electron chi connectivity index (χ0n) is 9.03. The van der Waals surface area contributed by atoms with E-state index in [9.17, 15) is 4.79 Å². The number of hydrogen-bond donors (Lipinski definition) is 1. The molecule has 1 rings (SSSR count). The average Bonchev–Trinajstić information content (AvgIpc) is 2.20. The van der Waals surface area contributed by atoms with Gasteiger partial charge in [-0.2, -0.15) is 0 Å². The summed E-state index contributed by atoms with van der Waals surface area (Å²) in [5, 5.41) is 0. The minimum absolute atomic E-state index is 0.302. The van der Waals surface area contributed by atoms with Crippen molar-refractivity contribution in [3.05, 3.63) is 0 Å². The number of piperidine rings is 1. The van der Waals surface area contributed by atoms with Crippen molar-refractivity contribution in [2.45, 2.75) is 37.8 Å². The number of likely N-dealkylation sites (tertiary alicyclic amines) is 1. The maximum Gasteiger partial charge on any atom is 0.322 e. The number of carbonyl (C=O) groups excluding carboxylic acids is 1. The summed E-state index contributed by atoms with van der Waals surface area (Å²) in [7, 11) is 3.47. The Kier molecular flexibility index (Phi) is 4.35. The molecule has 4 nitrogen and oxygen atoms in total. The Morgan fingerprint density at radius 2 is 2.36 bits per heavy atom. The predicted octanol–water partition coefficient (Wildman–Crippen LogP) is 0.361. The van der Waals surface area contributed by atoms with Gasteiger partial charge in [-0.15, -0.1) is 0 Å².